The zero-order chi connectivity index (χ0) is 16.3. The first-order chi connectivity index (χ1) is 10.4. The predicted octanol–water partition coefficient (Wildman–Crippen LogP) is 3.22. The van der Waals surface area contributed by atoms with Gasteiger partial charge in [-0.05, 0) is 25.1 Å². The number of rotatable bonds is 4. The molecule has 6 heteroatoms. The van der Waals surface area contributed by atoms with Crippen molar-refractivity contribution in [2.24, 2.45) is 0 Å². The van der Waals surface area contributed by atoms with E-state index in [4.69, 9.17) is 0 Å². The molecule has 0 radical (unpaired) electrons. The fourth-order valence-electron chi connectivity index (χ4n) is 2.04. The molecular weight excluding hydrogens is 282 g/mol. The maximum atomic E-state index is 12.4. The van der Waals surface area contributed by atoms with Gasteiger partial charge < -0.3 is 10.2 Å². The molecule has 0 spiro atoms. The topological polar surface area (TPSA) is 75.5 Å². The van der Waals surface area contributed by atoms with Crippen molar-refractivity contribution >= 4 is 23.0 Å². The highest BCUT2D eigenvalue weighted by Crippen LogP contribution is 2.25. The predicted molar refractivity (Wildman–Crippen MR) is 86.6 cm³/mol. The fourth-order valence-corrected chi connectivity index (χ4v) is 2.04. The van der Waals surface area contributed by atoms with Gasteiger partial charge in [-0.3, -0.25) is 14.9 Å². The minimum Gasteiger partial charge on any atom is -0.377 e. The normalized spacial score (nSPS) is 10.1. The van der Waals surface area contributed by atoms with Crippen molar-refractivity contribution in [2.75, 3.05) is 24.3 Å². The average molecular weight is 299 g/mol. The molecule has 2 rings (SSSR count). The lowest BCUT2D eigenvalue weighted by Crippen LogP contribution is -2.18. The molecule has 0 atom stereocenters. The minimum absolute atomic E-state index is 0.111. The molecule has 0 saturated carbocycles. The van der Waals surface area contributed by atoms with Gasteiger partial charge in [-0.2, -0.15) is 0 Å². The molecule has 22 heavy (non-hydrogen) atoms. The summed E-state index contributed by atoms with van der Waals surface area (Å²) in [6, 6.07) is 11.6. The second-order valence-corrected chi connectivity index (χ2v) is 5.17. The van der Waals surface area contributed by atoms with Gasteiger partial charge in [0.1, 0.15) is 0 Å². The molecule has 1 amide bonds. The van der Waals surface area contributed by atoms with E-state index in [1.54, 1.807) is 37.2 Å². The van der Waals surface area contributed by atoms with E-state index in [0.29, 0.717) is 11.4 Å². The molecule has 0 bridgehead atoms. The van der Waals surface area contributed by atoms with Crippen molar-refractivity contribution in [1.29, 1.82) is 0 Å². The molecule has 0 aliphatic rings. The van der Waals surface area contributed by atoms with Crippen LogP contribution in [0.25, 0.3) is 0 Å². The molecule has 0 fully saturated rings. The van der Waals surface area contributed by atoms with Gasteiger partial charge >= 0.3 is 0 Å². The summed E-state index contributed by atoms with van der Waals surface area (Å²) in [7, 11) is 3.56. The Kier molecular flexibility index (Phi) is 4.41. The van der Waals surface area contributed by atoms with Crippen LogP contribution in [0.15, 0.2) is 42.5 Å². The van der Waals surface area contributed by atoms with Crippen LogP contribution in [0.4, 0.5) is 17.1 Å². The molecule has 0 aliphatic heterocycles. The van der Waals surface area contributed by atoms with E-state index in [-0.39, 0.29) is 17.2 Å². The Morgan fingerprint density at radius 3 is 2.32 bits per heavy atom. The van der Waals surface area contributed by atoms with Gasteiger partial charge in [-0.1, -0.05) is 17.7 Å². The lowest BCUT2D eigenvalue weighted by molar-refractivity contribution is -0.384. The summed E-state index contributed by atoms with van der Waals surface area (Å²) < 4.78 is 0. The Labute approximate surface area is 128 Å². The lowest BCUT2D eigenvalue weighted by atomic mass is 10.1. The van der Waals surface area contributed by atoms with Gasteiger partial charge in [0.15, 0.2) is 0 Å². The highest BCUT2D eigenvalue weighted by molar-refractivity contribution is 6.08. The third kappa shape index (κ3) is 3.41. The van der Waals surface area contributed by atoms with Gasteiger partial charge in [-0.15, -0.1) is 0 Å². The Bertz CT molecular complexity index is 709. The van der Waals surface area contributed by atoms with Gasteiger partial charge in [0.25, 0.3) is 11.6 Å². The largest absolute Gasteiger partial charge is 0.377 e. The zero-order valence-corrected chi connectivity index (χ0v) is 12.7. The van der Waals surface area contributed by atoms with Crippen LogP contribution in [0.2, 0.25) is 0 Å². The summed E-state index contributed by atoms with van der Waals surface area (Å²) >= 11 is 0. The molecule has 0 saturated heterocycles. The van der Waals surface area contributed by atoms with Crippen molar-refractivity contribution in [3.8, 4) is 0 Å². The van der Waals surface area contributed by atoms with Crippen molar-refractivity contribution in [1.82, 2.24) is 0 Å². The monoisotopic (exact) mass is 299 g/mol. The second-order valence-electron chi connectivity index (χ2n) is 5.17. The van der Waals surface area contributed by atoms with Crippen LogP contribution >= 0.6 is 0 Å². The maximum absolute atomic E-state index is 12.4. The molecule has 1 N–H and O–H groups in total. The van der Waals surface area contributed by atoms with Crippen LogP contribution < -0.4 is 10.2 Å². The minimum atomic E-state index is -0.512. The van der Waals surface area contributed by atoms with E-state index in [1.165, 1.54) is 12.1 Å². The molecule has 6 nitrogen and oxygen atoms in total. The van der Waals surface area contributed by atoms with Gasteiger partial charge in [0.2, 0.25) is 0 Å². The van der Waals surface area contributed by atoms with Crippen LogP contribution in [0.3, 0.4) is 0 Å². The van der Waals surface area contributed by atoms with Gasteiger partial charge in [0, 0.05) is 37.6 Å². The number of aryl methyl sites for hydroxylation is 1. The van der Waals surface area contributed by atoms with E-state index in [0.717, 1.165) is 5.56 Å². The smallest absolute Gasteiger partial charge is 0.270 e. The second kappa shape index (κ2) is 6.26. The number of anilines is 2. The van der Waals surface area contributed by atoms with Crippen LogP contribution in [0.1, 0.15) is 15.9 Å². The Morgan fingerprint density at radius 1 is 1.14 bits per heavy atom. The van der Waals surface area contributed by atoms with E-state index in [2.05, 4.69) is 5.32 Å². The Morgan fingerprint density at radius 2 is 1.77 bits per heavy atom. The lowest BCUT2D eigenvalue weighted by Gasteiger charge is -2.17. The van der Waals surface area contributed by atoms with Crippen LogP contribution in [-0.2, 0) is 0 Å². The molecule has 0 unspecified atom stereocenters. The summed E-state index contributed by atoms with van der Waals surface area (Å²) in [4.78, 5) is 24.6. The number of benzene rings is 2. The third-order valence-corrected chi connectivity index (χ3v) is 3.23. The van der Waals surface area contributed by atoms with E-state index in [9.17, 15) is 14.9 Å². The number of nitrogens with zero attached hydrogens (tertiary/aromatic N) is 2. The summed E-state index contributed by atoms with van der Waals surface area (Å²) in [5.41, 5.74) is 2.50. The van der Waals surface area contributed by atoms with Crippen molar-refractivity contribution in [3.63, 3.8) is 0 Å². The first-order valence-electron chi connectivity index (χ1n) is 6.72. The van der Waals surface area contributed by atoms with Gasteiger partial charge in [0.05, 0.1) is 10.5 Å². The van der Waals surface area contributed by atoms with E-state index < -0.39 is 4.92 Å². The first-order valence-corrected chi connectivity index (χ1v) is 6.72. The zero-order valence-electron chi connectivity index (χ0n) is 12.7. The van der Waals surface area contributed by atoms with E-state index >= 15 is 0 Å². The number of nitro benzene ring substituents is 1. The highest BCUT2D eigenvalue weighted by Gasteiger charge is 2.18. The Hall–Kier alpha value is -2.89. The van der Waals surface area contributed by atoms with E-state index in [1.807, 2.05) is 19.1 Å². The molecule has 0 aliphatic carbocycles. The molecule has 0 aromatic heterocycles. The summed E-state index contributed by atoms with van der Waals surface area (Å²) in [5.74, 6) is -0.378. The fraction of sp³-hybridized carbons (Fsp3) is 0.188. The number of carbonyl (C=O) groups is 1. The van der Waals surface area contributed by atoms with Crippen LogP contribution in [0.5, 0.6) is 0 Å². The van der Waals surface area contributed by atoms with Crippen molar-refractivity contribution in [3.05, 3.63) is 63.7 Å². The average Bonchev–Trinajstić information content (AvgIpc) is 2.48. The highest BCUT2D eigenvalue weighted by atomic mass is 16.6. The molecule has 2 aromatic rings. The quantitative estimate of drug-likeness (QED) is 0.694. The van der Waals surface area contributed by atoms with Crippen LogP contribution in [0, 0.1) is 17.0 Å². The van der Waals surface area contributed by atoms with Crippen molar-refractivity contribution < 1.29 is 9.72 Å². The number of carbonyl (C=O) groups excluding carboxylic acids is 1. The first kappa shape index (κ1) is 15.5. The third-order valence-electron chi connectivity index (χ3n) is 3.23. The number of amides is 1. The molecular formula is C16H17N3O3. The number of non-ortho nitro benzene ring substituents is 1. The maximum Gasteiger partial charge on any atom is 0.270 e. The SMILES string of the molecule is Cc1ccc(NC(=O)c2cc([N+](=O)[O-])ccc2N(C)C)cc1. The Balaban J connectivity index is 2.36. The number of hydrogen-bond donors (Lipinski definition) is 1. The number of nitrogens with one attached hydrogen (secondary N) is 1. The summed E-state index contributed by atoms with van der Waals surface area (Å²) in [6.45, 7) is 1.95. The van der Waals surface area contributed by atoms with Crippen molar-refractivity contribution in [2.45, 2.75) is 6.92 Å². The number of hydrogen-bond acceptors (Lipinski definition) is 4. The van der Waals surface area contributed by atoms with Gasteiger partial charge in [-0.25, -0.2) is 0 Å². The molecule has 114 valence electrons. The standard InChI is InChI=1S/C16H17N3O3/c1-11-4-6-12(7-5-11)17-16(20)14-10-13(19(21)22)8-9-15(14)18(2)3/h4-10H,1-3H3,(H,17,20). The number of nitro groups is 1. The van der Waals surface area contributed by atoms with Crippen LogP contribution in [-0.4, -0.2) is 24.9 Å². The molecule has 2 aromatic carbocycles. The molecule has 0 heterocycles. The summed E-state index contributed by atoms with van der Waals surface area (Å²) in [5, 5.41) is 13.7. The summed E-state index contributed by atoms with van der Waals surface area (Å²) in [6.07, 6.45) is 0.